The monoisotopic (exact) mass is 448 g/mol. The number of nitrogens with zero attached hydrogens (tertiary/aromatic N) is 1. The SMILES string of the molecule is CCN(CC(=O)Nc1ccccc1OC)C(=O)c1cc(C(F)(F)F)cc(C(F)(F)F)c1. The molecule has 0 aliphatic heterocycles. The average molecular weight is 448 g/mol. The number of methoxy groups -OCH3 is 1. The average Bonchev–Trinajstić information content (AvgIpc) is 2.70. The van der Waals surface area contributed by atoms with Crippen LogP contribution in [-0.2, 0) is 17.1 Å². The van der Waals surface area contributed by atoms with E-state index in [1.807, 2.05) is 0 Å². The van der Waals surface area contributed by atoms with Gasteiger partial charge < -0.3 is 15.0 Å². The largest absolute Gasteiger partial charge is 0.495 e. The van der Waals surface area contributed by atoms with Crippen molar-refractivity contribution >= 4 is 17.5 Å². The number of hydrogen-bond acceptors (Lipinski definition) is 3. The molecule has 2 rings (SSSR count). The number of amides is 2. The molecule has 0 atom stereocenters. The van der Waals surface area contributed by atoms with Crippen molar-refractivity contribution in [3.05, 3.63) is 59.2 Å². The quantitative estimate of drug-likeness (QED) is 0.644. The minimum absolute atomic E-state index is 0.0680. The third kappa shape index (κ3) is 6.12. The molecule has 11 heteroatoms. The predicted octanol–water partition coefficient (Wildman–Crippen LogP) is 4.83. The van der Waals surface area contributed by atoms with Crippen LogP contribution in [0.2, 0.25) is 0 Å². The number of anilines is 1. The summed E-state index contributed by atoms with van der Waals surface area (Å²) in [7, 11) is 1.37. The maximum absolute atomic E-state index is 13.0. The van der Waals surface area contributed by atoms with E-state index >= 15 is 0 Å². The van der Waals surface area contributed by atoms with Gasteiger partial charge in [0.15, 0.2) is 0 Å². The Labute approximate surface area is 173 Å². The van der Waals surface area contributed by atoms with E-state index in [-0.39, 0.29) is 18.3 Å². The molecule has 5 nitrogen and oxygen atoms in total. The number of carbonyl (C=O) groups is 2. The van der Waals surface area contributed by atoms with Crippen molar-refractivity contribution in [2.45, 2.75) is 19.3 Å². The number of para-hydroxylation sites is 2. The molecule has 0 aliphatic rings. The third-order valence-corrected chi connectivity index (χ3v) is 4.22. The molecule has 2 aromatic rings. The second kappa shape index (κ2) is 9.27. The lowest BCUT2D eigenvalue weighted by atomic mass is 10.0. The van der Waals surface area contributed by atoms with Crippen LogP contribution in [0, 0.1) is 0 Å². The Balaban J connectivity index is 2.29. The van der Waals surface area contributed by atoms with Gasteiger partial charge in [0, 0.05) is 12.1 Å². The lowest BCUT2D eigenvalue weighted by molar-refractivity contribution is -0.143. The van der Waals surface area contributed by atoms with Gasteiger partial charge in [0.1, 0.15) is 12.3 Å². The van der Waals surface area contributed by atoms with Gasteiger partial charge in [-0.25, -0.2) is 0 Å². The Morgan fingerprint density at radius 2 is 1.52 bits per heavy atom. The van der Waals surface area contributed by atoms with Crippen molar-refractivity contribution in [3.63, 3.8) is 0 Å². The summed E-state index contributed by atoms with van der Waals surface area (Å²) in [6.45, 7) is 0.716. The molecule has 0 fully saturated rings. The number of likely N-dealkylation sites (N-methyl/N-ethyl adjacent to an activating group) is 1. The number of benzene rings is 2. The summed E-state index contributed by atoms with van der Waals surface area (Å²) < 4.78 is 83.3. The first kappa shape index (κ1) is 24.0. The predicted molar refractivity (Wildman–Crippen MR) is 99.6 cm³/mol. The number of carbonyl (C=O) groups excluding carboxylic acids is 2. The van der Waals surface area contributed by atoms with Gasteiger partial charge in [-0.05, 0) is 37.3 Å². The Bertz CT molecular complexity index is 924. The van der Waals surface area contributed by atoms with Crippen LogP contribution in [0.25, 0.3) is 0 Å². The highest BCUT2D eigenvalue weighted by Crippen LogP contribution is 2.36. The highest BCUT2D eigenvalue weighted by molar-refractivity contribution is 6.00. The molecular formula is C20H18F6N2O3. The van der Waals surface area contributed by atoms with E-state index in [4.69, 9.17) is 4.74 Å². The van der Waals surface area contributed by atoms with Crippen molar-refractivity contribution in [1.82, 2.24) is 4.90 Å². The smallest absolute Gasteiger partial charge is 0.416 e. The number of halogens is 6. The van der Waals surface area contributed by atoms with Crippen molar-refractivity contribution in [3.8, 4) is 5.75 Å². The van der Waals surface area contributed by atoms with Gasteiger partial charge in [-0.2, -0.15) is 26.3 Å². The highest BCUT2D eigenvalue weighted by atomic mass is 19.4. The van der Waals surface area contributed by atoms with E-state index in [1.54, 1.807) is 18.2 Å². The van der Waals surface area contributed by atoms with Gasteiger partial charge in [0.25, 0.3) is 5.91 Å². The molecule has 0 unspecified atom stereocenters. The van der Waals surface area contributed by atoms with Crippen LogP contribution < -0.4 is 10.1 Å². The highest BCUT2D eigenvalue weighted by Gasteiger charge is 2.38. The van der Waals surface area contributed by atoms with Gasteiger partial charge in [-0.1, -0.05) is 12.1 Å². The molecule has 1 N–H and O–H groups in total. The van der Waals surface area contributed by atoms with E-state index < -0.39 is 47.4 Å². The summed E-state index contributed by atoms with van der Waals surface area (Å²) >= 11 is 0. The molecular weight excluding hydrogens is 430 g/mol. The molecule has 168 valence electrons. The first-order valence-corrected chi connectivity index (χ1v) is 8.88. The second-order valence-electron chi connectivity index (χ2n) is 6.36. The summed E-state index contributed by atoms with van der Waals surface area (Å²) in [6, 6.07) is 6.96. The number of alkyl halides is 6. The first-order chi connectivity index (χ1) is 14.4. The van der Waals surface area contributed by atoms with Crippen LogP contribution in [0.3, 0.4) is 0 Å². The molecule has 0 saturated carbocycles. The Hall–Kier alpha value is -3.24. The topological polar surface area (TPSA) is 58.6 Å². The Morgan fingerprint density at radius 1 is 0.968 bits per heavy atom. The van der Waals surface area contributed by atoms with Crippen LogP contribution in [0.4, 0.5) is 32.0 Å². The number of ether oxygens (including phenoxy) is 1. The fourth-order valence-electron chi connectivity index (χ4n) is 2.70. The van der Waals surface area contributed by atoms with E-state index in [0.29, 0.717) is 17.9 Å². The van der Waals surface area contributed by atoms with Gasteiger partial charge in [-0.3, -0.25) is 9.59 Å². The van der Waals surface area contributed by atoms with E-state index in [9.17, 15) is 35.9 Å². The van der Waals surface area contributed by atoms with Crippen LogP contribution in [0.5, 0.6) is 5.75 Å². The summed E-state index contributed by atoms with van der Waals surface area (Å²) in [5, 5.41) is 2.49. The zero-order valence-electron chi connectivity index (χ0n) is 16.4. The molecule has 0 heterocycles. The normalized spacial score (nSPS) is 11.7. The third-order valence-electron chi connectivity index (χ3n) is 4.22. The van der Waals surface area contributed by atoms with E-state index in [1.165, 1.54) is 20.1 Å². The van der Waals surface area contributed by atoms with Gasteiger partial charge in [-0.15, -0.1) is 0 Å². The molecule has 0 spiro atoms. The van der Waals surface area contributed by atoms with Crippen LogP contribution >= 0.6 is 0 Å². The van der Waals surface area contributed by atoms with Crippen molar-refractivity contribution in [2.24, 2.45) is 0 Å². The minimum atomic E-state index is -5.09. The second-order valence-corrected chi connectivity index (χ2v) is 6.36. The van der Waals surface area contributed by atoms with Gasteiger partial charge in [0.05, 0.1) is 23.9 Å². The van der Waals surface area contributed by atoms with E-state index in [0.717, 1.165) is 4.90 Å². The standard InChI is InChI=1S/C20H18F6N2O3/c1-3-28(11-17(29)27-15-6-4-5-7-16(15)31-2)18(30)12-8-13(19(21,22)23)10-14(9-12)20(24,25)26/h4-10H,3,11H2,1-2H3,(H,27,29). The maximum Gasteiger partial charge on any atom is 0.416 e. The Kier molecular flexibility index (Phi) is 7.19. The molecule has 0 aromatic heterocycles. The van der Waals surface area contributed by atoms with Crippen LogP contribution in [-0.4, -0.2) is 36.9 Å². The molecule has 2 amide bonds. The summed E-state index contributed by atoms with van der Waals surface area (Å²) in [5.41, 5.74) is -3.76. The van der Waals surface area contributed by atoms with Gasteiger partial charge in [0.2, 0.25) is 5.91 Å². The molecule has 31 heavy (non-hydrogen) atoms. The van der Waals surface area contributed by atoms with Crippen molar-refractivity contribution in [1.29, 1.82) is 0 Å². The number of nitrogens with one attached hydrogen (secondary N) is 1. The maximum atomic E-state index is 13.0. The number of hydrogen-bond donors (Lipinski definition) is 1. The van der Waals surface area contributed by atoms with Crippen molar-refractivity contribution in [2.75, 3.05) is 25.5 Å². The molecule has 0 aliphatic carbocycles. The minimum Gasteiger partial charge on any atom is -0.495 e. The Morgan fingerprint density at radius 3 is 2.00 bits per heavy atom. The fraction of sp³-hybridized carbons (Fsp3) is 0.300. The summed E-state index contributed by atoms with van der Waals surface area (Å²) in [5.74, 6) is -1.52. The summed E-state index contributed by atoms with van der Waals surface area (Å²) in [6.07, 6.45) is -10.2. The van der Waals surface area contributed by atoms with E-state index in [2.05, 4.69) is 5.32 Å². The molecule has 0 bridgehead atoms. The lowest BCUT2D eigenvalue weighted by Crippen LogP contribution is -2.38. The van der Waals surface area contributed by atoms with Crippen LogP contribution in [0.1, 0.15) is 28.4 Å². The first-order valence-electron chi connectivity index (χ1n) is 8.88. The van der Waals surface area contributed by atoms with Crippen molar-refractivity contribution < 1.29 is 40.7 Å². The zero-order chi connectivity index (χ0) is 23.4. The fourth-order valence-corrected chi connectivity index (χ4v) is 2.70. The molecule has 2 aromatic carbocycles. The van der Waals surface area contributed by atoms with Crippen LogP contribution in [0.15, 0.2) is 42.5 Å². The number of rotatable bonds is 6. The molecule has 0 radical (unpaired) electrons. The van der Waals surface area contributed by atoms with Gasteiger partial charge >= 0.3 is 12.4 Å². The summed E-state index contributed by atoms with van der Waals surface area (Å²) in [4.78, 5) is 25.8. The zero-order valence-corrected chi connectivity index (χ0v) is 16.4. The molecule has 0 saturated heterocycles. The lowest BCUT2D eigenvalue weighted by Gasteiger charge is -2.22.